The summed E-state index contributed by atoms with van der Waals surface area (Å²) in [7, 11) is -4.71. The van der Waals surface area contributed by atoms with Crippen molar-refractivity contribution in [2.24, 2.45) is 0 Å². The summed E-state index contributed by atoms with van der Waals surface area (Å²) in [4.78, 5) is 11.5. The molecule has 16 heteroatoms. The lowest BCUT2D eigenvalue weighted by atomic mass is 10.1. The number of ether oxygens (including phenoxy) is 1. The molecule has 0 aliphatic rings. The predicted octanol–water partition coefficient (Wildman–Crippen LogP) is 4.79. The highest BCUT2D eigenvalue weighted by Gasteiger charge is 2.40. The quantitative estimate of drug-likeness (QED) is 0.516. The van der Waals surface area contributed by atoms with Crippen LogP contribution in [-0.4, -0.2) is 37.1 Å². The molecule has 0 aromatic heterocycles. The van der Waals surface area contributed by atoms with Gasteiger partial charge >= 0.3 is 18.7 Å². The number of halogens is 9. The minimum atomic E-state index is -5.24. The van der Waals surface area contributed by atoms with Gasteiger partial charge in [-0.1, -0.05) is 6.07 Å². The van der Waals surface area contributed by atoms with E-state index in [2.05, 4.69) is 4.74 Å². The molecule has 1 unspecified atom stereocenters. The second kappa shape index (κ2) is 9.22. The second-order valence-corrected chi connectivity index (χ2v) is 9.29. The monoisotopic (exact) mass is 539 g/mol. The molecule has 35 heavy (non-hydrogen) atoms. The predicted molar refractivity (Wildman–Crippen MR) is 101 cm³/mol. The lowest BCUT2D eigenvalue weighted by molar-refractivity contribution is -0.274. The third-order valence-corrected chi connectivity index (χ3v) is 6.12. The zero-order chi connectivity index (χ0) is 27.0. The summed E-state index contributed by atoms with van der Waals surface area (Å²) in [6.07, 6.45) is -15.6. The summed E-state index contributed by atoms with van der Waals surface area (Å²) in [5, 5.41) is 11.9. The van der Waals surface area contributed by atoms with Gasteiger partial charge in [0.05, 0.1) is 21.8 Å². The molecule has 2 rings (SSSR count). The van der Waals surface area contributed by atoms with Crippen LogP contribution in [0.4, 0.5) is 45.2 Å². The Kier molecular flexibility index (Phi) is 7.43. The van der Waals surface area contributed by atoms with Crippen LogP contribution in [0.25, 0.3) is 0 Å². The van der Waals surface area contributed by atoms with Gasteiger partial charge in [0.2, 0.25) is 0 Å². The summed E-state index contributed by atoms with van der Waals surface area (Å²) in [6.45, 7) is 0.591. The average molecular weight is 539 g/mol. The van der Waals surface area contributed by atoms with Crippen molar-refractivity contribution in [3.05, 3.63) is 53.6 Å². The van der Waals surface area contributed by atoms with E-state index in [1.54, 1.807) is 5.32 Å². The molecule has 0 aliphatic carbocycles. The maximum Gasteiger partial charge on any atom is 0.573 e. The SMILES string of the molecule is CC(O)(CS(=O)(=O)c1cccc(OC(F)(F)F)c1)C(=O)Nc1cc(C(F)(F)F)cc(C(F)(F)F)c1. The number of hydrogen-bond acceptors (Lipinski definition) is 5. The van der Waals surface area contributed by atoms with Gasteiger partial charge < -0.3 is 15.2 Å². The molecule has 2 aromatic rings. The molecule has 0 heterocycles. The van der Waals surface area contributed by atoms with Crippen LogP contribution >= 0.6 is 0 Å². The fourth-order valence-electron chi connectivity index (χ4n) is 2.68. The lowest BCUT2D eigenvalue weighted by Gasteiger charge is -2.23. The molecule has 2 N–H and O–H groups in total. The molecule has 0 fully saturated rings. The van der Waals surface area contributed by atoms with Crippen LogP contribution in [0.3, 0.4) is 0 Å². The Bertz CT molecular complexity index is 1170. The normalized spacial score (nSPS) is 14.8. The van der Waals surface area contributed by atoms with E-state index in [9.17, 15) is 57.8 Å². The molecule has 1 amide bonds. The third kappa shape index (κ3) is 7.74. The maximum absolute atomic E-state index is 13.0. The minimum Gasteiger partial charge on any atom is -0.406 e. The van der Waals surface area contributed by atoms with Crippen LogP contribution in [0, 0.1) is 0 Å². The molecule has 1 atom stereocenters. The number of aliphatic hydroxyl groups is 1. The number of rotatable bonds is 6. The van der Waals surface area contributed by atoms with Gasteiger partial charge in [-0.15, -0.1) is 13.2 Å². The Morgan fingerprint density at radius 3 is 1.89 bits per heavy atom. The van der Waals surface area contributed by atoms with Crippen molar-refractivity contribution in [1.29, 1.82) is 0 Å². The van der Waals surface area contributed by atoms with E-state index in [4.69, 9.17) is 0 Å². The zero-order valence-corrected chi connectivity index (χ0v) is 18.0. The fraction of sp³-hybridized carbons (Fsp3) is 0.316. The number of hydrogen-bond donors (Lipinski definition) is 2. The van der Waals surface area contributed by atoms with Crippen molar-refractivity contribution >= 4 is 21.4 Å². The molecule has 0 saturated carbocycles. The van der Waals surface area contributed by atoms with Crippen LogP contribution < -0.4 is 10.1 Å². The van der Waals surface area contributed by atoms with Crippen molar-refractivity contribution < 1.29 is 62.6 Å². The highest BCUT2D eigenvalue weighted by molar-refractivity contribution is 7.91. The first-order valence-corrected chi connectivity index (χ1v) is 10.7. The Hall–Kier alpha value is -3.01. The summed E-state index contributed by atoms with van der Waals surface area (Å²) in [6, 6.07) is 2.95. The first-order chi connectivity index (χ1) is 15.6. The number of carbonyl (C=O) groups is 1. The van der Waals surface area contributed by atoms with Crippen LogP contribution in [0.15, 0.2) is 47.4 Å². The molecular weight excluding hydrogens is 525 g/mol. The molecule has 194 valence electrons. The molecule has 0 aliphatic heterocycles. The van der Waals surface area contributed by atoms with Crippen LogP contribution in [0.5, 0.6) is 5.75 Å². The van der Waals surface area contributed by atoms with E-state index in [1.807, 2.05) is 0 Å². The molecule has 6 nitrogen and oxygen atoms in total. The molecule has 0 spiro atoms. The summed E-state index contributed by atoms with van der Waals surface area (Å²) < 4.78 is 143. The van der Waals surface area contributed by atoms with Gasteiger partial charge in [-0.2, -0.15) is 26.3 Å². The van der Waals surface area contributed by atoms with Crippen molar-refractivity contribution in [3.63, 3.8) is 0 Å². The van der Waals surface area contributed by atoms with Gasteiger partial charge in [-0.25, -0.2) is 8.42 Å². The van der Waals surface area contributed by atoms with E-state index < -0.39 is 73.3 Å². The summed E-state index contributed by atoms with van der Waals surface area (Å²) >= 11 is 0. The Morgan fingerprint density at radius 2 is 1.43 bits per heavy atom. The van der Waals surface area contributed by atoms with E-state index in [0.717, 1.165) is 18.2 Å². The zero-order valence-electron chi connectivity index (χ0n) is 17.1. The average Bonchev–Trinajstić information content (AvgIpc) is 2.64. The number of anilines is 1. The van der Waals surface area contributed by atoms with E-state index in [-0.39, 0.29) is 18.2 Å². The molecule has 2 aromatic carbocycles. The Labute approximate surface area is 191 Å². The summed E-state index contributed by atoms with van der Waals surface area (Å²) in [5.74, 6) is -4.13. The van der Waals surface area contributed by atoms with Crippen molar-refractivity contribution in [1.82, 2.24) is 0 Å². The van der Waals surface area contributed by atoms with Gasteiger partial charge in [-0.3, -0.25) is 4.79 Å². The largest absolute Gasteiger partial charge is 0.573 e. The highest BCUT2D eigenvalue weighted by Crippen LogP contribution is 2.37. The second-order valence-electron chi connectivity index (χ2n) is 7.30. The fourth-order valence-corrected chi connectivity index (χ4v) is 4.30. The molecule has 0 bridgehead atoms. The lowest BCUT2D eigenvalue weighted by Crippen LogP contribution is -2.45. The summed E-state index contributed by atoms with van der Waals surface area (Å²) in [5.41, 5.74) is -7.55. The Morgan fingerprint density at radius 1 is 0.914 bits per heavy atom. The van der Waals surface area contributed by atoms with Crippen LogP contribution in [0.2, 0.25) is 0 Å². The number of sulfone groups is 1. The van der Waals surface area contributed by atoms with Gasteiger partial charge in [0.15, 0.2) is 15.4 Å². The smallest absolute Gasteiger partial charge is 0.406 e. The number of alkyl halides is 9. The number of nitrogens with one attached hydrogen (secondary N) is 1. The van der Waals surface area contributed by atoms with Crippen LogP contribution in [0.1, 0.15) is 18.1 Å². The number of benzene rings is 2. The highest BCUT2D eigenvalue weighted by atomic mass is 32.2. The maximum atomic E-state index is 13.0. The first-order valence-electron chi connectivity index (χ1n) is 9.02. The van der Waals surface area contributed by atoms with Gasteiger partial charge in [-0.05, 0) is 43.3 Å². The van der Waals surface area contributed by atoms with Gasteiger partial charge in [0.1, 0.15) is 5.75 Å². The third-order valence-electron chi connectivity index (χ3n) is 4.20. The standard InChI is InChI=1S/C19H14F9NO5S/c1-16(31,9-35(32,33)14-4-2-3-13(8-14)34-19(26,27)28)15(30)29-12-6-10(17(20,21)22)5-11(7-12)18(23,24)25/h2-8,31H,9H2,1H3,(H,29,30). The minimum absolute atomic E-state index is 0.135. The number of amides is 1. The van der Waals surface area contributed by atoms with E-state index in [1.165, 1.54) is 0 Å². The first kappa shape index (κ1) is 28.2. The Balaban J connectivity index is 2.33. The van der Waals surface area contributed by atoms with E-state index >= 15 is 0 Å². The van der Waals surface area contributed by atoms with Crippen molar-refractivity contribution in [2.75, 3.05) is 11.1 Å². The van der Waals surface area contributed by atoms with Crippen molar-refractivity contribution in [2.45, 2.75) is 36.1 Å². The van der Waals surface area contributed by atoms with Crippen molar-refractivity contribution in [3.8, 4) is 5.75 Å². The van der Waals surface area contributed by atoms with Gasteiger partial charge in [0.25, 0.3) is 5.91 Å². The topological polar surface area (TPSA) is 92.7 Å². The number of carbonyl (C=O) groups excluding carboxylic acids is 1. The molecule has 0 radical (unpaired) electrons. The van der Waals surface area contributed by atoms with Crippen LogP contribution in [-0.2, 0) is 27.0 Å². The molecular formula is C19H14F9NO5S. The van der Waals surface area contributed by atoms with E-state index in [0.29, 0.717) is 13.0 Å². The van der Waals surface area contributed by atoms with Gasteiger partial charge in [0, 0.05) is 5.69 Å². The molecule has 0 saturated heterocycles.